The van der Waals surface area contributed by atoms with Gasteiger partial charge in [0.2, 0.25) is 0 Å². The van der Waals surface area contributed by atoms with Crippen LogP contribution in [0.25, 0.3) is 0 Å². The lowest BCUT2D eigenvalue weighted by Crippen LogP contribution is -2.38. The average molecular weight is 358 g/mol. The van der Waals surface area contributed by atoms with Crippen molar-refractivity contribution in [1.82, 2.24) is 20.4 Å². The molecule has 2 aromatic rings. The highest BCUT2D eigenvalue weighted by Crippen LogP contribution is 2.23. The molecule has 0 atom stereocenters. The van der Waals surface area contributed by atoms with E-state index in [1.807, 2.05) is 17.8 Å². The minimum atomic E-state index is 0.601. The second kappa shape index (κ2) is 9.85. The van der Waals surface area contributed by atoms with Crippen LogP contribution in [0.1, 0.15) is 35.7 Å². The standard InChI is InChI=1S/C20H31N5O/c1-6-21-20(23-14-18-8-10-24-25(18)5)22-9-7-11-26-19-13-15(2)12-16(3)17(19)4/h8,10,12-13H,6-7,9,11,14H2,1-5H3,(H2,21,22,23). The molecule has 2 rings (SSSR count). The largest absolute Gasteiger partial charge is 0.493 e. The van der Waals surface area contributed by atoms with Gasteiger partial charge in [-0.3, -0.25) is 4.68 Å². The number of nitrogens with zero attached hydrogens (tertiary/aromatic N) is 3. The van der Waals surface area contributed by atoms with Crippen LogP contribution in [0.2, 0.25) is 0 Å². The molecule has 0 aliphatic carbocycles. The smallest absolute Gasteiger partial charge is 0.191 e. The van der Waals surface area contributed by atoms with Gasteiger partial charge in [-0.15, -0.1) is 0 Å². The summed E-state index contributed by atoms with van der Waals surface area (Å²) in [6.07, 6.45) is 2.69. The quantitative estimate of drug-likeness (QED) is 0.433. The van der Waals surface area contributed by atoms with Crippen LogP contribution < -0.4 is 15.4 Å². The van der Waals surface area contributed by atoms with Gasteiger partial charge in [-0.25, -0.2) is 4.99 Å². The van der Waals surface area contributed by atoms with Crippen molar-refractivity contribution in [2.24, 2.45) is 12.0 Å². The summed E-state index contributed by atoms with van der Waals surface area (Å²) in [5.74, 6) is 1.80. The normalized spacial score (nSPS) is 11.5. The molecule has 0 bridgehead atoms. The third-order valence-electron chi connectivity index (χ3n) is 4.30. The first-order valence-corrected chi connectivity index (χ1v) is 9.21. The van der Waals surface area contributed by atoms with Gasteiger partial charge < -0.3 is 15.4 Å². The number of aromatic nitrogens is 2. The van der Waals surface area contributed by atoms with Crippen LogP contribution >= 0.6 is 0 Å². The van der Waals surface area contributed by atoms with Crippen molar-refractivity contribution in [2.45, 2.75) is 40.7 Å². The predicted octanol–water partition coefficient (Wildman–Crippen LogP) is 2.87. The molecule has 0 aliphatic rings. The summed E-state index contributed by atoms with van der Waals surface area (Å²) >= 11 is 0. The molecule has 6 nitrogen and oxygen atoms in total. The lowest BCUT2D eigenvalue weighted by atomic mass is 10.1. The van der Waals surface area contributed by atoms with Gasteiger partial charge in [0.05, 0.1) is 18.8 Å². The van der Waals surface area contributed by atoms with E-state index in [9.17, 15) is 0 Å². The number of hydrogen-bond donors (Lipinski definition) is 2. The summed E-state index contributed by atoms with van der Waals surface area (Å²) in [6.45, 7) is 11.3. The van der Waals surface area contributed by atoms with Crippen LogP contribution in [0, 0.1) is 20.8 Å². The maximum atomic E-state index is 5.96. The monoisotopic (exact) mass is 357 g/mol. The Morgan fingerprint density at radius 2 is 2.04 bits per heavy atom. The van der Waals surface area contributed by atoms with Crippen molar-refractivity contribution >= 4 is 5.96 Å². The van der Waals surface area contributed by atoms with E-state index in [0.717, 1.165) is 36.9 Å². The maximum absolute atomic E-state index is 5.96. The van der Waals surface area contributed by atoms with Crippen molar-refractivity contribution in [3.8, 4) is 5.75 Å². The zero-order valence-corrected chi connectivity index (χ0v) is 16.6. The molecule has 26 heavy (non-hydrogen) atoms. The van der Waals surface area contributed by atoms with Gasteiger partial charge in [0.1, 0.15) is 5.75 Å². The molecule has 0 radical (unpaired) electrons. The van der Waals surface area contributed by atoms with Crippen LogP contribution in [0.3, 0.4) is 0 Å². The minimum absolute atomic E-state index is 0.601. The molecule has 0 aliphatic heterocycles. The molecule has 1 heterocycles. The number of nitrogens with one attached hydrogen (secondary N) is 2. The Bertz CT molecular complexity index is 736. The number of aliphatic imine (C=N–C) groups is 1. The summed E-state index contributed by atoms with van der Waals surface area (Å²) in [5.41, 5.74) is 4.80. The number of hydrogen-bond acceptors (Lipinski definition) is 3. The molecular weight excluding hydrogens is 326 g/mol. The topological polar surface area (TPSA) is 63.5 Å². The summed E-state index contributed by atoms with van der Waals surface area (Å²) in [5, 5.41) is 10.8. The maximum Gasteiger partial charge on any atom is 0.191 e. The summed E-state index contributed by atoms with van der Waals surface area (Å²) in [7, 11) is 1.93. The minimum Gasteiger partial charge on any atom is -0.493 e. The second-order valence-corrected chi connectivity index (χ2v) is 6.48. The fourth-order valence-corrected chi connectivity index (χ4v) is 2.67. The van der Waals surface area contributed by atoms with E-state index in [0.29, 0.717) is 13.2 Å². The van der Waals surface area contributed by atoms with E-state index < -0.39 is 0 Å². The molecule has 0 saturated carbocycles. The van der Waals surface area contributed by atoms with Crippen molar-refractivity contribution in [3.05, 3.63) is 46.8 Å². The third-order valence-corrected chi connectivity index (χ3v) is 4.30. The molecular formula is C20H31N5O. The van der Waals surface area contributed by atoms with E-state index >= 15 is 0 Å². The van der Waals surface area contributed by atoms with Crippen molar-refractivity contribution in [1.29, 1.82) is 0 Å². The first kappa shape index (κ1) is 19.8. The van der Waals surface area contributed by atoms with E-state index in [2.05, 4.69) is 60.6 Å². The van der Waals surface area contributed by atoms with Crippen LogP contribution in [-0.4, -0.2) is 35.4 Å². The second-order valence-electron chi connectivity index (χ2n) is 6.48. The molecule has 0 unspecified atom stereocenters. The van der Waals surface area contributed by atoms with Crippen LogP contribution in [0.5, 0.6) is 5.75 Å². The summed E-state index contributed by atoms with van der Waals surface area (Å²) in [4.78, 5) is 4.60. The molecule has 6 heteroatoms. The Morgan fingerprint density at radius 3 is 2.73 bits per heavy atom. The van der Waals surface area contributed by atoms with Crippen LogP contribution in [0.15, 0.2) is 29.4 Å². The van der Waals surface area contributed by atoms with Crippen LogP contribution in [0.4, 0.5) is 0 Å². The summed E-state index contributed by atoms with van der Waals surface area (Å²) < 4.78 is 7.80. The van der Waals surface area contributed by atoms with Crippen molar-refractivity contribution < 1.29 is 4.74 Å². The van der Waals surface area contributed by atoms with Gasteiger partial charge in [-0.2, -0.15) is 5.10 Å². The molecule has 1 aromatic heterocycles. The molecule has 0 fully saturated rings. The number of benzene rings is 1. The van der Waals surface area contributed by atoms with Gasteiger partial charge in [-0.05, 0) is 62.9 Å². The van der Waals surface area contributed by atoms with Gasteiger partial charge in [0, 0.05) is 26.3 Å². The zero-order chi connectivity index (χ0) is 18.9. The number of rotatable bonds is 8. The number of aryl methyl sites for hydroxylation is 3. The van der Waals surface area contributed by atoms with Gasteiger partial charge in [0.15, 0.2) is 5.96 Å². The highest BCUT2D eigenvalue weighted by Gasteiger charge is 2.04. The highest BCUT2D eigenvalue weighted by atomic mass is 16.5. The summed E-state index contributed by atoms with van der Waals surface area (Å²) in [6, 6.07) is 6.27. The van der Waals surface area contributed by atoms with E-state index in [1.165, 1.54) is 16.7 Å². The van der Waals surface area contributed by atoms with E-state index in [4.69, 9.17) is 4.74 Å². The van der Waals surface area contributed by atoms with Crippen LogP contribution in [-0.2, 0) is 13.6 Å². The van der Waals surface area contributed by atoms with E-state index in [1.54, 1.807) is 6.20 Å². The molecule has 2 N–H and O–H groups in total. The first-order valence-electron chi connectivity index (χ1n) is 9.21. The molecule has 0 amide bonds. The van der Waals surface area contributed by atoms with Crippen molar-refractivity contribution in [3.63, 3.8) is 0 Å². The molecule has 142 valence electrons. The fraction of sp³-hybridized carbons (Fsp3) is 0.500. The lowest BCUT2D eigenvalue weighted by molar-refractivity contribution is 0.308. The Balaban J connectivity index is 1.78. The Labute approximate surface area is 156 Å². The average Bonchev–Trinajstić information content (AvgIpc) is 3.01. The Hall–Kier alpha value is -2.50. The van der Waals surface area contributed by atoms with Crippen molar-refractivity contribution in [2.75, 3.05) is 19.7 Å². The van der Waals surface area contributed by atoms with E-state index in [-0.39, 0.29) is 0 Å². The molecule has 1 aromatic carbocycles. The van der Waals surface area contributed by atoms with Gasteiger partial charge >= 0.3 is 0 Å². The number of guanidine groups is 1. The molecule has 0 spiro atoms. The lowest BCUT2D eigenvalue weighted by Gasteiger charge is -2.14. The zero-order valence-electron chi connectivity index (χ0n) is 16.6. The predicted molar refractivity (Wildman–Crippen MR) is 107 cm³/mol. The number of ether oxygens (including phenoxy) is 1. The van der Waals surface area contributed by atoms with Gasteiger partial charge in [-0.1, -0.05) is 6.07 Å². The first-order chi connectivity index (χ1) is 12.5. The Kier molecular flexibility index (Phi) is 7.51. The van der Waals surface area contributed by atoms with Gasteiger partial charge in [0.25, 0.3) is 0 Å². The highest BCUT2D eigenvalue weighted by molar-refractivity contribution is 5.79. The molecule has 0 saturated heterocycles. The Morgan fingerprint density at radius 1 is 1.23 bits per heavy atom. The third kappa shape index (κ3) is 5.79. The fourth-order valence-electron chi connectivity index (χ4n) is 2.67. The SMILES string of the molecule is CCNC(=NCc1ccnn1C)NCCCOc1cc(C)cc(C)c1C.